The summed E-state index contributed by atoms with van der Waals surface area (Å²) in [7, 11) is 1.72. The topological polar surface area (TPSA) is 79.1 Å². The molecule has 0 saturated carbocycles. The van der Waals surface area contributed by atoms with Gasteiger partial charge in [-0.1, -0.05) is 11.6 Å². The Morgan fingerprint density at radius 3 is 2.90 bits per heavy atom. The van der Waals surface area contributed by atoms with Gasteiger partial charge in [0.15, 0.2) is 12.4 Å². The van der Waals surface area contributed by atoms with E-state index in [0.29, 0.717) is 17.6 Å². The molecule has 0 aliphatic carbocycles. The molecule has 0 amide bonds. The second kappa shape index (κ2) is 6.33. The molecule has 0 aromatic carbocycles. The maximum Gasteiger partial charge on any atom is 0.344 e. The average molecular weight is 297 g/mol. The highest BCUT2D eigenvalue weighted by molar-refractivity contribution is 6.29. The number of hydrogen-bond donors (Lipinski definition) is 0. The number of nitrogens with zero attached hydrogens (tertiary/aromatic N) is 4. The fourth-order valence-electron chi connectivity index (χ4n) is 1.51. The third-order valence-corrected chi connectivity index (χ3v) is 2.58. The van der Waals surface area contributed by atoms with Crippen molar-refractivity contribution in [2.75, 3.05) is 13.2 Å². The maximum absolute atomic E-state index is 11.2. The summed E-state index contributed by atoms with van der Waals surface area (Å²) in [4.78, 5) is 19.3. The van der Waals surface area contributed by atoms with E-state index >= 15 is 0 Å². The van der Waals surface area contributed by atoms with Crippen LogP contribution in [0.5, 0.6) is 6.01 Å². The van der Waals surface area contributed by atoms with Crippen molar-refractivity contribution in [3.8, 4) is 17.4 Å². The molecule has 0 N–H and O–H groups in total. The van der Waals surface area contributed by atoms with E-state index in [0.717, 1.165) is 5.56 Å². The summed E-state index contributed by atoms with van der Waals surface area (Å²) >= 11 is 5.73. The molecule has 2 aromatic heterocycles. The van der Waals surface area contributed by atoms with Crippen LogP contribution in [-0.2, 0) is 16.6 Å². The van der Waals surface area contributed by atoms with E-state index in [-0.39, 0.29) is 12.6 Å². The van der Waals surface area contributed by atoms with E-state index in [1.807, 2.05) is 0 Å². The molecule has 0 radical (unpaired) electrons. The molecule has 7 nitrogen and oxygen atoms in total. The third-order valence-electron chi connectivity index (χ3n) is 2.35. The maximum atomic E-state index is 11.2. The first-order chi connectivity index (χ1) is 9.60. The van der Waals surface area contributed by atoms with Gasteiger partial charge in [-0.2, -0.15) is 4.98 Å². The first kappa shape index (κ1) is 14.3. The highest BCUT2D eigenvalue weighted by atomic mass is 35.5. The molecule has 106 valence electrons. The van der Waals surface area contributed by atoms with Crippen LogP contribution >= 0.6 is 11.6 Å². The molecule has 20 heavy (non-hydrogen) atoms. The number of pyridine rings is 1. The summed E-state index contributed by atoms with van der Waals surface area (Å²) in [6.45, 7) is 1.80. The summed E-state index contributed by atoms with van der Waals surface area (Å²) in [5, 5.41) is 4.45. The second-order valence-electron chi connectivity index (χ2n) is 3.80. The van der Waals surface area contributed by atoms with Gasteiger partial charge in [-0.25, -0.2) is 14.5 Å². The van der Waals surface area contributed by atoms with Crippen molar-refractivity contribution in [1.29, 1.82) is 0 Å². The summed E-state index contributed by atoms with van der Waals surface area (Å²) in [5.74, 6) is 0.0997. The fraction of sp³-hybridized carbons (Fsp3) is 0.333. The van der Waals surface area contributed by atoms with Crippen molar-refractivity contribution in [2.24, 2.45) is 7.05 Å². The van der Waals surface area contributed by atoms with Gasteiger partial charge in [-0.3, -0.25) is 0 Å². The number of aromatic nitrogens is 4. The van der Waals surface area contributed by atoms with Gasteiger partial charge in [-0.05, 0) is 19.1 Å². The van der Waals surface area contributed by atoms with Crippen LogP contribution in [0.15, 0.2) is 18.3 Å². The largest absolute Gasteiger partial charge is 0.463 e. The van der Waals surface area contributed by atoms with Crippen LogP contribution in [0.1, 0.15) is 6.92 Å². The Labute approximate surface area is 120 Å². The lowest BCUT2D eigenvalue weighted by Crippen LogP contribution is -2.15. The van der Waals surface area contributed by atoms with Gasteiger partial charge >= 0.3 is 12.0 Å². The Kier molecular flexibility index (Phi) is 4.52. The van der Waals surface area contributed by atoms with Crippen molar-refractivity contribution in [2.45, 2.75) is 6.92 Å². The van der Waals surface area contributed by atoms with Crippen LogP contribution < -0.4 is 4.74 Å². The number of carbonyl (C=O) groups excluding carboxylic acids is 1. The lowest BCUT2D eigenvalue weighted by molar-refractivity contribution is -0.145. The molecule has 2 rings (SSSR count). The molecule has 0 unspecified atom stereocenters. The van der Waals surface area contributed by atoms with E-state index in [4.69, 9.17) is 21.1 Å². The minimum atomic E-state index is -0.463. The van der Waals surface area contributed by atoms with Crippen LogP contribution in [0.25, 0.3) is 11.4 Å². The van der Waals surface area contributed by atoms with Crippen LogP contribution in [0.3, 0.4) is 0 Å². The highest BCUT2D eigenvalue weighted by Crippen LogP contribution is 2.19. The van der Waals surface area contributed by atoms with Crippen molar-refractivity contribution < 1.29 is 14.3 Å². The minimum Gasteiger partial charge on any atom is -0.463 e. The van der Waals surface area contributed by atoms with Crippen molar-refractivity contribution in [3.63, 3.8) is 0 Å². The van der Waals surface area contributed by atoms with Crippen LogP contribution in [0.2, 0.25) is 5.15 Å². The Morgan fingerprint density at radius 1 is 1.45 bits per heavy atom. The summed E-state index contributed by atoms with van der Waals surface area (Å²) < 4.78 is 11.4. The fourth-order valence-corrected chi connectivity index (χ4v) is 1.62. The van der Waals surface area contributed by atoms with Crippen LogP contribution in [0, 0.1) is 0 Å². The SMILES string of the molecule is CCOC(=O)COc1nc(-c2ccc(Cl)nc2)n(C)n1. The molecule has 0 fully saturated rings. The van der Waals surface area contributed by atoms with E-state index in [1.54, 1.807) is 32.3 Å². The third kappa shape index (κ3) is 3.45. The lowest BCUT2D eigenvalue weighted by Gasteiger charge is -2.00. The molecule has 0 spiro atoms. The second-order valence-corrected chi connectivity index (χ2v) is 4.19. The molecule has 8 heteroatoms. The summed E-state index contributed by atoms with van der Waals surface area (Å²) in [6.07, 6.45) is 1.58. The van der Waals surface area contributed by atoms with E-state index in [9.17, 15) is 4.79 Å². The monoisotopic (exact) mass is 296 g/mol. The molecule has 0 aliphatic heterocycles. The van der Waals surface area contributed by atoms with Gasteiger partial charge in [0.25, 0.3) is 0 Å². The number of ether oxygens (including phenoxy) is 2. The molecule has 2 aromatic rings. The van der Waals surface area contributed by atoms with Gasteiger partial charge in [-0.15, -0.1) is 5.10 Å². The smallest absolute Gasteiger partial charge is 0.344 e. The zero-order valence-corrected chi connectivity index (χ0v) is 11.8. The number of hydrogen-bond acceptors (Lipinski definition) is 6. The number of rotatable bonds is 5. The zero-order chi connectivity index (χ0) is 14.5. The Bertz CT molecular complexity index is 597. The first-order valence-corrected chi connectivity index (χ1v) is 6.29. The Hall–Kier alpha value is -2.15. The zero-order valence-electron chi connectivity index (χ0n) is 11.0. The molecular weight excluding hydrogens is 284 g/mol. The average Bonchev–Trinajstić information content (AvgIpc) is 2.79. The Morgan fingerprint density at radius 2 is 2.25 bits per heavy atom. The lowest BCUT2D eigenvalue weighted by atomic mass is 10.3. The molecular formula is C12H13ClN4O3. The van der Waals surface area contributed by atoms with Gasteiger partial charge < -0.3 is 9.47 Å². The van der Waals surface area contributed by atoms with Gasteiger partial charge in [0.2, 0.25) is 0 Å². The van der Waals surface area contributed by atoms with Gasteiger partial charge in [0, 0.05) is 18.8 Å². The highest BCUT2D eigenvalue weighted by Gasteiger charge is 2.12. The standard InChI is InChI=1S/C12H13ClN4O3/c1-3-19-10(18)7-20-12-15-11(17(2)16-12)8-4-5-9(13)14-6-8/h4-6H,3,7H2,1-2H3. The molecule has 0 atom stereocenters. The quantitative estimate of drug-likeness (QED) is 0.614. The van der Waals surface area contributed by atoms with Crippen LogP contribution in [-0.4, -0.2) is 38.9 Å². The van der Waals surface area contributed by atoms with E-state index < -0.39 is 5.97 Å². The molecule has 0 bridgehead atoms. The number of esters is 1. The summed E-state index contributed by atoms with van der Waals surface area (Å²) in [6, 6.07) is 3.53. The molecule has 0 aliphatic rings. The predicted molar refractivity (Wildman–Crippen MR) is 71.4 cm³/mol. The number of aryl methyl sites for hydroxylation is 1. The molecule has 0 saturated heterocycles. The van der Waals surface area contributed by atoms with Gasteiger partial charge in [0.05, 0.1) is 6.61 Å². The van der Waals surface area contributed by atoms with Crippen molar-refractivity contribution >= 4 is 17.6 Å². The van der Waals surface area contributed by atoms with E-state index in [1.165, 1.54) is 4.68 Å². The first-order valence-electron chi connectivity index (χ1n) is 5.91. The van der Waals surface area contributed by atoms with Crippen molar-refractivity contribution in [1.82, 2.24) is 19.7 Å². The Balaban J connectivity index is 2.09. The number of carbonyl (C=O) groups is 1. The van der Waals surface area contributed by atoms with Crippen LogP contribution in [0.4, 0.5) is 0 Å². The summed E-state index contributed by atoms with van der Waals surface area (Å²) in [5.41, 5.74) is 0.746. The molecule has 2 heterocycles. The van der Waals surface area contributed by atoms with E-state index in [2.05, 4.69) is 15.1 Å². The van der Waals surface area contributed by atoms with Crippen molar-refractivity contribution in [3.05, 3.63) is 23.5 Å². The van der Waals surface area contributed by atoms with Gasteiger partial charge in [0.1, 0.15) is 5.15 Å². The predicted octanol–water partition coefficient (Wildman–Crippen LogP) is 1.47. The number of halogens is 1. The normalized spacial score (nSPS) is 10.3. The minimum absolute atomic E-state index is 0.102.